The van der Waals surface area contributed by atoms with Crippen LogP contribution in [0.25, 0.3) is 0 Å². The summed E-state index contributed by atoms with van der Waals surface area (Å²) in [5.74, 6) is 0.790. The second kappa shape index (κ2) is 4.94. The summed E-state index contributed by atoms with van der Waals surface area (Å²) in [5, 5.41) is 11.5. The lowest BCUT2D eigenvalue weighted by atomic mass is 10.3. The van der Waals surface area contributed by atoms with Crippen molar-refractivity contribution in [1.29, 1.82) is 0 Å². The maximum absolute atomic E-state index is 11.9. The number of hydrogen-bond donors (Lipinski definition) is 1. The van der Waals surface area contributed by atoms with Crippen LogP contribution in [-0.2, 0) is 6.54 Å². The number of aromatic nitrogens is 2. The number of hydrogen-bond acceptors (Lipinski definition) is 4. The Kier molecular flexibility index (Phi) is 3.15. The van der Waals surface area contributed by atoms with Crippen LogP contribution in [0, 0.1) is 5.92 Å². The van der Waals surface area contributed by atoms with Crippen molar-refractivity contribution in [3.63, 3.8) is 0 Å². The predicted molar refractivity (Wildman–Crippen MR) is 73.1 cm³/mol. The number of rotatable bonds is 5. The number of thiophene rings is 1. The summed E-state index contributed by atoms with van der Waals surface area (Å²) in [7, 11) is 0. The van der Waals surface area contributed by atoms with Gasteiger partial charge in [0.2, 0.25) is 0 Å². The maximum Gasteiger partial charge on any atom is 0.269 e. The van der Waals surface area contributed by atoms with Gasteiger partial charge in [-0.15, -0.1) is 0 Å². The Hall–Kier alpha value is -1.62. The minimum Gasteiger partial charge on any atom is -0.383 e. The highest BCUT2D eigenvalue weighted by atomic mass is 32.1. The van der Waals surface area contributed by atoms with E-state index in [9.17, 15) is 4.79 Å². The van der Waals surface area contributed by atoms with Crippen molar-refractivity contribution < 1.29 is 0 Å². The van der Waals surface area contributed by atoms with Gasteiger partial charge in [0.15, 0.2) is 0 Å². The summed E-state index contributed by atoms with van der Waals surface area (Å²) >= 11 is 1.63. The average Bonchev–Trinajstić information content (AvgIpc) is 3.06. The molecule has 0 bridgehead atoms. The highest BCUT2D eigenvalue weighted by Crippen LogP contribution is 2.28. The Morgan fingerprint density at radius 3 is 3.06 bits per heavy atom. The van der Waals surface area contributed by atoms with Gasteiger partial charge in [0.1, 0.15) is 0 Å². The van der Waals surface area contributed by atoms with E-state index >= 15 is 0 Å². The lowest BCUT2D eigenvalue weighted by molar-refractivity contribution is 0.640. The van der Waals surface area contributed by atoms with Gasteiger partial charge in [0.25, 0.3) is 5.56 Å². The molecule has 4 nitrogen and oxygen atoms in total. The normalized spacial score (nSPS) is 14.7. The van der Waals surface area contributed by atoms with Crippen molar-refractivity contribution in [2.75, 3.05) is 11.9 Å². The maximum atomic E-state index is 11.9. The van der Waals surface area contributed by atoms with Crippen LogP contribution in [0.1, 0.15) is 18.4 Å². The van der Waals surface area contributed by atoms with Crippen LogP contribution in [0.2, 0.25) is 0 Å². The molecule has 2 aromatic rings. The molecule has 1 saturated carbocycles. The predicted octanol–water partition coefficient (Wildman–Crippen LogP) is 2.17. The summed E-state index contributed by atoms with van der Waals surface area (Å²) in [6.07, 6.45) is 4.33. The average molecular weight is 261 g/mol. The van der Waals surface area contributed by atoms with Gasteiger partial charge in [-0.2, -0.15) is 16.4 Å². The largest absolute Gasteiger partial charge is 0.383 e. The van der Waals surface area contributed by atoms with Crippen LogP contribution in [0.4, 0.5) is 5.69 Å². The molecular weight excluding hydrogens is 246 g/mol. The summed E-state index contributed by atoms with van der Waals surface area (Å²) in [6, 6.07) is 3.64. The number of anilines is 1. The van der Waals surface area contributed by atoms with E-state index in [1.54, 1.807) is 23.6 Å². The van der Waals surface area contributed by atoms with Gasteiger partial charge < -0.3 is 5.32 Å². The highest BCUT2D eigenvalue weighted by Gasteiger charge is 2.20. The summed E-state index contributed by atoms with van der Waals surface area (Å²) in [6.45, 7) is 1.50. The van der Waals surface area contributed by atoms with Crippen LogP contribution in [0.15, 0.2) is 33.9 Å². The molecule has 2 aromatic heterocycles. The molecule has 1 aliphatic rings. The first-order chi connectivity index (χ1) is 8.81. The molecule has 0 aliphatic heterocycles. The van der Waals surface area contributed by atoms with Crippen LogP contribution in [0.5, 0.6) is 0 Å². The fraction of sp³-hybridized carbons (Fsp3) is 0.385. The third-order valence-electron chi connectivity index (χ3n) is 3.07. The van der Waals surface area contributed by atoms with Gasteiger partial charge in [-0.1, -0.05) is 0 Å². The molecule has 1 fully saturated rings. The third kappa shape index (κ3) is 2.79. The zero-order valence-electron chi connectivity index (χ0n) is 10.0. The van der Waals surface area contributed by atoms with Gasteiger partial charge in [-0.05, 0) is 41.1 Å². The molecule has 0 spiro atoms. The van der Waals surface area contributed by atoms with E-state index in [0.717, 1.165) is 23.7 Å². The van der Waals surface area contributed by atoms with Gasteiger partial charge in [-0.3, -0.25) is 4.79 Å². The molecule has 1 N–H and O–H groups in total. The smallest absolute Gasteiger partial charge is 0.269 e. The minimum atomic E-state index is -0.0537. The van der Waals surface area contributed by atoms with Gasteiger partial charge in [-0.25, -0.2) is 4.68 Å². The van der Waals surface area contributed by atoms with E-state index in [-0.39, 0.29) is 5.56 Å². The summed E-state index contributed by atoms with van der Waals surface area (Å²) in [4.78, 5) is 11.9. The van der Waals surface area contributed by atoms with E-state index in [1.165, 1.54) is 17.5 Å². The topological polar surface area (TPSA) is 46.9 Å². The zero-order chi connectivity index (χ0) is 12.4. The minimum absolute atomic E-state index is 0.0537. The van der Waals surface area contributed by atoms with E-state index in [4.69, 9.17) is 0 Å². The van der Waals surface area contributed by atoms with Gasteiger partial charge >= 0.3 is 0 Å². The van der Waals surface area contributed by atoms with Crippen LogP contribution in [-0.4, -0.2) is 16.3 Å². The second-order valence-electron chi connectivity index (χ2n) is 4.70. The Balaban J connectivity index is 1.69. The monoisotopic (exact) mass is 261 g/mol. The quantitative estimate of drug-likeness (QED) is 0.897. The van der Waals surface area contributed by atoms with Gasteiger partial charge in [0.05, 0.1) is 18.4 Å². The van der Waals surface area contributed by atoms with Crippen molar-refractivity contribution >= 4 is 17.0 Å². The molecule has 94 valence electrons. The molecule has 1 aliphatic carbocycles. The molecule has 0 amide bonds. The molecule has 18 heavy (non-hydrogen) atoms. The molecular formula is C13H15N3OS. The lowest BCUT2D eigenvalue weighted by Gasteiger charge is -2.06. The van der Waals surface area contributed by atoms with Crippen molar-refractivity contribution in [3.8, 4) is 0 Å². The fourth-order valence-corrected chi connectivity index (χ4v) is 2.45. The molecule has 3 rings (SSSR count). The lowest BCUT2D eigenvalue weighted by Crippen LogP contribution is -2.23. The molecule has 0 radical (unpaired) electrons. The second-order valence-corrected chi connectivity index (χ2v) is 5.48. The molecule has 0 saturated heterocycles. The van der Waals surface area contributed by atoms with Gasteiger partial charge in [0, 0.05) is 12.6 Å². The standard InChI is InChI=1S/C13H15N3OS/c17-13-5-12(14-6-10-1-2-10)7-15-16(13)8-11-3-4-18-9-11/h3-5,7,9-10,14H,1-2,6,8H2. The number of nitrogens with zero attached hydrogens (tertiary/aromatic N) is 2. The first-order valence-electron chi connectivity index (χ1n) is 6.13. The van der Waals surface area contributed by atoms with E-state index in [1.807, 2.05) is 16.8 Å². The zero-order valence-corrected chi connectivity index (χ0v) is 10.8. The van der Waals surface area contributed by atoms with Crippen molar-refractivity contribution in [2.24, 2.45) is 5.92 Å². The van der Waals surface area contributed by atoms with E-state index in [2.05, 4.69) is 10.4 Å². The Morgan fingerprint density at radius 1 is 1.50 bits per heavy atom. The SMILES string of the molecule is O=c1cc(NCC2CC2)cnn1Cc1ccsc1. The molecule has 2 heterocycles. The van der Waals surface area contributed by atoms with E-state index in [0.29, 0.717) is 6.54 Å². The first kappa shape index (κ1) is 11.5. The van der Waals surface area contributed by atoms with Crippen molar-refractivity contribution in [2.45, 2.75) is 19.4 Å². The summed E-state index contributed by atoms with van der Waals surface area (Å²) < 4.78 is 1.49. The molecule has 5 heteroatoms. The van der Waals surface area contributed by atoms with Crippen LogP contribution in [0.3, 0.4) is 0 Å². The molecule has 0 unspecified atom stereocenters. The molecule has 0 aromatic carbocycles. The first-order valence-corrected chi connectivity index (χ1v) is 7.07. The van der Waals surface area contributed by atoms with Crippen molar-refractivity contribution in [1.82, 2.24) is 9.78 Å². The van der Waals surface area contributed by atoms with E-state index < -0.39 is 0 Å². The van der Waals surface area contributed by atoms with Crippen molar-refractivity contribution in [3.05, 3.63) is 45.0 Å². The summed E-state index contributed by atoms with van der Waals surface area (Å²) in [5.41, 5.74) is 1.89. The Labute approximate surface area is 109 Å². The Bertz CT molecular complexity index is 572. The molecule has 0 atom stereocenters. The van der Waals surface area contributed by atoms with Crippen LogP contribution >= 0.6 is 11.3 Å². The third-order valence-corrected chi connectivity index (χ3v) is 3.81. The fourth-order valence-electron chi connectivity index (χ4n) is 1.79. The Morgan fingerprint density at radius 2 is 2.39 bits per heavy atom. The number of nitrogens with one attached hydrogen (secondary N) is 1. The highest BCUT2D eigenvalue weighted by molar-refractivity contribution is 7.07. The van der Waals surface area contributed by atoms with Crippen LogP contribution < -0.4 is 10.9 Å².